The molecule has 1 aliphatic heterocycles. The van der Waals surface area contributed by atoms with Gasteiger partial charge in [-0.25, -0.2) is 21.1 Å². The van der Waals surface area contributed by atoms with Crippen LogP contribution in [0.3, 0.4) is 0 Å². The minimum absolute atomic E-state index is 0.0588. The van der Waals surface area contributed by atoms with Crippen molar-refractivity contribution in [2.45, 2.75) is 43.5 Å². The van der Waals surface area contributed by atoms with Gasteiger partial charge in [0, 0.05) is 26.7 Å². The van der Waals surface area contributed by atoms with Gasteiger partial charge in [-0.05, 0) is 43.4 Å². The lowest BCUT2D eigenvalue weighted by atomic mass is 10.2. The van der Waals surface area contributed by atoms with Crippen LogP contribution in [0.25, 0.3) is 0 Å². The van der Waals surface area contributed by atoms with Crippen LogP contribution in [-0.4, -0.2) is 57.9 Å². The number of hydrogen-bond donors (Lipinski definition) is 0. The number of aryl methyl sites for hydroxylation is 1. The molecule has 0 aromatic heterocycles. The van der Waals surface area contributed by atoms with Crippen molar-refractivity contribution in [1.82, 2.24) is 8.61 Å². The monoisotopic (exact) mass is 374 g/mol. The highest BCUT2D eigenvalue weighted by Gasteiger charge is 2.32. The van der Waals surface area contributed by atoms with Crippen LogP contribution in [-0.2, 0) is 26.5 Å². The Hall–Kier alpha value is -0.960. The molecule has 1 aromatic rings. The summed E-state index contributed by atoms with van der Waals surface area (Å²) in [5.74, 6) is 0.0588. The van der Waals surface area contributed by atoms with Gasteiger partial charge >= 0.3 is 0 Å². The third-order valence-corrected chi connectivity index (χ3v) is 8.25. The molecule has 1 unspecified atom stereocenters. The van der Waals surface area contributed by atoms with E-state index >= 15 is 0 Å². The summed E-state index contributed by atoms with van der Waals surface area (Å²) >= 11 is 0. The number of sulfonamides is 2. The van der Waals surface area contributed by atoms with Crippen LogP contribution >= 0.6 is 0 Å². The average Bonchev–Trinajstić information content (AvgIpc) is 3.03. The fraction of sp³-hybridized carbons (Fsp3) is 0.625. The van der Waals surface area contributed by atoms with Crippen molar-refractivity contribution in [3.8, 4) is 0 Å². The maximum atomic E-state index is 12.5. The second kappa shape index (κ2) is 7.51. The quantitative estimate of drug-likeness (QED) is 0.728. The molecule has 0 bridgehead atoms. The molecule has 0 spiro atoms. The van der Waals surface area contributed by atoms with Gasteiger partial charge in [-0.2, -0.15) is 4.31 Å². The van der Waals surface area contributed by atoms with Crippen molar-refractivity contribution in [2.24, 2.45) is 0 Å². The van der Waals surface area contributed by atoms with Crippen molar-refractivity contribution in [2.75, 3.05) is 26.4 Å². The molecule has 136 valence electrons. The zero-order valence-electron chi connectivity index (χ0n) is 14.5. The Kier molecular flexibility index (Phi) is 6.06. The predicted octanol–water partition coefficient (Wildman–Crippen LogP) is 1.68. The van der Waals surface area contributed by atoms with Crippen molar-refractivity contribution >= 4 is 20.0 Å². The van der Waals surface area contributed by atoms with Gasteiger partial charge in [-0.15, -0.1) is 0 Å². The molecule has 0 radical (unpaired) electrons. The number of benzene rings is 1. The third kappa shape index (κ3) is 4.17. The molecule has 24 heavy (non-hydrogen) atoms. The largest absolute Gasteiger partial charge is 0.242 e. The lowest BCUT2D eigenvalue weighted by molar-refractivity contribution is 0.379. The van der Waals surface area contributed by atoms with Crippen LogP contribution in [0.2, 0.25) is 0 Å². The minimum Gasteiger partial charge on any atom is -0.212 e. The summed E-state index contributed by atoms with van der Waals surface area (Å²) in [6.45, 7) is 2.63. The second-order valence-corrected chi connectivity index (χ2v) is 10.5. The van der Waals surface area contributed by atoms with Gasteiger partial charge in [-0.1, -0.05) is 19.1 Å². The summed E-state index contributed by atoms with van der Waals surface area (Å²) in [4.78, 5) is 0.213. The van der Waals surface area contributed by atoms with Gasteiger partial charge in [0.2, 0.25) is 20.0 Å². The zero-order valence-corrected chi connectivity index (χ0v) is 16.1. The summed E-state index contributed by atoms with van der Waals surface area (Å²) < 4.78 is 51.9. The van der Waals surface area contributed by atoms with Crippen molar-refractivity contribution in [3.05, 3.63) is 29.8 Å². The van der Waals surface area contributed by atoms with Gasteiger partial charge in [-0.3, -0.25) is 0 Å². The molecule has 6 nitrogen and oxygen atoms in total. The summed E-state index contributed by atoms with van der Waals surface area (Å²) in [5, 5.41) is 0. The Bertz CT molecular complexity index is 756. The van der Waals surface area contributed by atoms with E-state index < -0.39 is 20.0 Å². The van der Waals surface area contributed by atoms with E-state index in [0.29, 0.717) is 13.0 Å². The van der Waals surface area contributed by atoms with E-state index in [0.717, 1.165) is 29.1 Å². The molecule has 0 saturated carbocycles. The maximum absolute atomic E-state index is 12.5. The maximum Gasteiger partial charge on any atom is 0.242 e. The summed E-state index contributed by atoms with van der Waals surface area (Å²) in [6.07, 6.45) is 3.09. The first kappa shape index (κ1) is 19.4. The Morgan fingerprint density at radius 1 is 1.12 bits per heavy atom. The SMILES string of the molecule is CCC1CCCN1S(=O)(=O)CCc1ccc(S(=O)(=O)N(C)C)cc1. The molecule has 8 heteroatoms. The molecule has 0 aliphatic carbocycles. The van der Waals surface area contributed by atoms with Gasteiger partial charge in [0.15, 0.2) is 0 Å². The molecule has 2 rings (SSSR count). The molecule has 1 aliphatic rings. The molecule has 1 fully saturated rings. The van der Waals surface area contributed by atoms with E-state index in [1.165, 1.54) is 26.2 Å². The summed E-state index contributed by atoms with van der Waals surface area (Å²) in [5.41, 5.74) is 0.823. The molecule has 1 saturated heterocycles. The van der Waals surface area contributed by atoms with Crippen molar-refractivity contribution < 1.29 is 16.8 Å². The molecule has 0 N–H and O–H groups in total. The second-order valence-electron chi connectivity index (χ2n) is 6.31. The number of hydrogen-bond acceptors (Lipinski definition) is 4. The molecular formula is C16H26N2O4S2. The Morgan fingerprint density at radius 2 is 1.75 bits per heavy atom. The van der Waals surface area contributed by atoms with Gasteiger partial charge in [0.05, 0.1) is 10.6 Å². The Labute approximate surface area is 145 Å². The first-order chi connectivity index (χ1) is 11.2. The molecule has 1 heterocycles. The molecule has 0 amide bonds. The van der Waals surface area contributed by atoms with Crippen LogP contribution in [0.15, 0.2) is 29.2 Å². The molecule has 1 aromatic carbocycles. The lowest BCUT2D eigenvalue weighted by Gasteiger charge is -2.23. The Balaban J connectivity index is 2.05. The Morgan fingerprint density at radius 3 is 2.29 bits per heavy atom. The third-order valence-electron chi connectivity index (χ3n) is 4.50. The van der Waals surface area contributed by atoms with E-state index in [2.05, 4.69) is 0 Å². The highest BCUT2D eigenvalue weighted by molar-refractivity contribution is 7.89. The van der Waals surface area contributed by atoms with E-state index in [9.17, 15) is 16.8 Å². The summed E-state index contributed by atoms with van der Waals surface area (Å²) in [6, 6.07) is 6.56. The fourth-order valence-corrected chi connectivity index (χ4v) is 5.73. The average molecular weight is 375 g/mol. The van der Waals surface area contributed by atoms with Crippen LogP contribution in [0.4, 0.5) is 0 Å². The van der Waals surface area contributed by atoms with Gasteiger partial charge in [0.25, 0.3) is 0 Å². The van der Waals surface area contributed by atoms with Crippen LogP contribution in [0, 0.1) is 0 Å². The topological polar surface area (TPSA) is 74.8 Å². The van der Waals surface area contributed by atoms with Crippen LogP contribution < -0.4 is 0 Å². The standard InChI is InChI=1S/C16H26N2O4S2/c1-4-15-6-5-12-18(15)23(19,20)13-11-14-7-9-16(10-8-14)24(21,22)17(2)3/h7-10,15H,4-6,11-13H2,1-3H3. The molecule has 1 atom stereocenters. The van der Waals surface area contributed by atoms with Crippen LogP contribution in [0.5, 0.6) is 0 Å². The van der Waals surface area contributed by atoms with E-state index in [4.69, 9.17) is 0 Å². The normalized spacial score (nSPS) is 19.9. The first-order valence-electron chi connectivity index (χ1n) is 8.19. The predicted molar refractivity (Wildman–Crippen MR) is 94.8 cm³/mol. The van der Waals surface area contributed by atoms with Crippen molar-refractivity contribution in [1.29, 1.82) is 0 Å². The van der Waals surface area contributed by atoms with Gasteiger partial charge in [0.1, 0.15) is 0 Å². The summed E-state index contributed by atoms with van der Waals surface area (Å²) in [7, 11) is -3.75. The van der Waals surface area contributed by atoms with E-state index in [-0.39, 0.29) is 16.7 Å². The highest BCUT2D eigenvalue weighted by atomic mass is 32.2. The fourth-order valence-electron chi connectivity index (χ4n) is 2.99. The molecular weight excluding hydrogens is 348 g/mol. The highest BCUT2D eigenvalue weighted by Crippen LogP contribution is 2.24. The number of rotatable bonds is 7. The van der Waals surface area contributed by atoms with Crippen molar-refractivity contribution in [3.63, 3.8) is 0 Å². The zero-order chi connectivity index (χ0) is 18.0. The lowest BCUT2D eigenvalue weighted by Crippen LogP contribution is -2.37. The number of nitrogens with zero attached hydrogens (tertiary/aromatic N) is 2. The minimum atomic E-state index is -3.45. The first-order valence-corrected chi connectivity index (χ1v) is 11.2. The smallest absolute Gasteiger partial charge is 0.212 e. The van der Waals surface area contributed by atoms with E-state index in [1.807, 2.05) is 6.92 Å². The van der Waals surface area contributed by atoms with E-state index in [1.54, 1.807) is 16.4 Å². The van der Waals surface area contributed by atoms with Gasteiger partial charge < -0.3 is 0 Å². The van der Waals surface area contributed by atoms with Crippen LogP contribution in [0.1, 0.15) is 31.7 Å².